The number of amides is 1. The average Bonchev–Trinajstić information content (AvgIpc) is 2.72. The molecule has 6 nitrogen and oxygen atoms in total. The first-order chi connectivity index (χ1) is 14.6. The Hall–Kier alpha value is -2.86. The second-order valence-electron chi connectivity index (χ2n) is 8.57. The highest BCUT2D eigenvalue weighted by atomic mass is 16.6. The van der Waals surface area contributed by atoms with Crippen molar-refractivity contribution in [3.8, 4) is 11.1 Å². The maximum atomic E-state index is 12.4. The quantitative estimate of drug-likeness (QED) is 0.587. The normalized spacial score (nSPS) is 14.3. The van der Waals surface area contributed by atoms with E-state index in [1.54, 1.807) is 34.6 Å². The molecule has 0 aliphatic heterocycles. The molecule has 0 saturated heterocycles. The lowest BCUT2D eigenvalue weighted by Gasteiger charge is -2.28. The molecule has 168 valence electrons. The van der Waals surface area contributed by atoms with Gasteiger partial charge in [0.2, 0.25) is 0 Å². The van der Waals surface area contributed by atoms with E-state index >= 15 is 0 Å². The molecule has 3 atom stereocenters. The number of ether oxygens (including phenoxy) is 2. The topological polar surface area (TPSA) is 84.9 Å². The van der Waals surface area contributed by atoms with Crippen LogP contribution in [0.5, 0.6) is 0 Å². The third-order valence-corrected chi connectivity index (χ3v) is 4.74. The minimum Gasteiger partial charge on any atom is -0.466 e. The predicted molar refractivity (Wildman–Crippen MR) is 120 cm³/mol. The molecule has 31 heavy (non-hydrogen) atoms. The van der Waals surface area contributed by atoms with E-state index in [2.05, 4.69) is 5.32 Å². The van der Waals surface area contributed by atoms with E-state index < -0.39 is 29.8 Å². The highest BCUT2D eigenvalue weighted by Gasteiger charge is 2.29. The molecular weight excluding hydrogens is 394 g/mol. The Labute approximate surface area is 184 Å². The number of alkyl carbamates (subject to hydrolysis) is 1. The number of carbonyl (C=O) groups is 2. The van der Waals surface area contributed by atoms with Crippen LogP contribution in [0.15, 0.2) is 54.6 Å². The molecule has 6 heteroatoms. The lowest BCUT2D eigenvalue weighted by molar-refractivity contribution is -0.148. The van der Waals surface area contributed by atoms with Gasteiger partial charge in [-0.3, -0.25) is 4.79 Å². The van der Waals surface area contributed by atoms with Crippen molar-refractivity contribution in [1.82, 2.24) is 5.32 Å². The van der Waals surface area contributed by atoms with Crippen molar-refractivity contribution in [3.63, 3.8) is 0 Å². The number of esters is 1. The van der Waals surface area contributed by atoms with Gasteiger partial charge < -0.3 is 19.9 Å². The fourth-order valence-corrected chi connectivity index (χ4v) is 3.22. The van der Waals surface area contributed by atoms with Gasteiger partial charge in [-0.2, -0.15) is 0 Å². The Balaban J connectivity index is 2.20. The first kappa shape index (κ1) is 24.4. The fourth-order valence-electron chi connectivity index (χ4n) is 3.22. The Morgan fingerprint density at radius 3 is 2.13 bits per heavy atom. The van der Waals surface area contributed by atoms with Gasteiger partial charge in [-0.25, -0.2) is 4.79 Å². The molecule has 2 unspecified atom stereocenters. The number of aliphatic hydroxyl groups is 1. The van der Waals surface area contributed by atoms with Crippen molar-refractivity contribution in [2.24, 2.45) is 5.92 Å². The number of aliphatic hydroxyl groups excluding tert-OH is 1. The zero-order valence-corrected chi connectivity index (χ0v) is 18.9. The van der Waals surface area contributed by atoms with Gasteiger partial charge in [-0.05, 0) is 50.8 Å². The van der Waals surface area contributed by atoms with E-state index in [-0.39, 0.29) is 19.0 Å². The van der Waals surface area contributed by atoms with E-state index in [0.717, 1.165) is 11.1 Å². The van der Waals surface area contributed by atoms with Crippen LogP contribution in [0, 0.1) is 5.92 Å². The van der Waals surface area contributed by atoms with Crippen LogP contribution in [-0.2, 0) is 14.3 Å². The average molecular weight is 428 g/mol. The standard InChI is InChI=1S/C25H33NO5/c1-6-30-23(28)17(2)16-21(26-24(29)31-25(3,4)5)22(27)20-14-12-19(13-15-20)18-10-8-7-9-11-18/h7-15,17,21-22,27H,6,16H2,1-5H3,(H,26,29)/t17-,21?,22?/m1/s1. The van der Waals surface area contributed by atoms with E-state index in [0.29, 0.717) is 5.56 Å². The summed E-state index contributed by atoms with van der Waals surface area (Å²) >= 11 is 0. The molecule has 0 radical (unpaired) electrons. The third-order valence-electron chi connectivity index (χ3n) is 4.74. The van der Waals surface area contributed by atoms with Crippen LogP contribution in [0.1, 0.15) is 52.7 Å². The van der Waals surface area contributed by atoms with Crippen molar-refractivity contribution in [3.05, 3.63) is 60.2 Å². The summed E-state index contributed by atoms with van der Waals surface area (Å²) in [6, 6.07) is 16.7. The molecule has 0 aromatic heterocycles. The van der Waals surface area contributed by atoms with Crippen LogP contribution in [-0.4, -0.2) is 35.4 Å². The molecule has 2 N–H and O–H groups in total. The van der Waals surface area contributed by atoms with Gasteiger partial charge in [0.05, 0.1) is 24.7 Å². The number of carbonyl (C=O) groups excluding carboxylic acids is 2. The highest BCUT2D eigenvalue weighted by molar-refractivity contribution is 5.72. The van der Waals surface area contributed by atoms with Gasteiger partial charge in [-0.15, -0.1) is 0 Å². The predicted octanol–water partition coefficient (Wildman–Crippen LogP) is 4.87. The Kier molecular flexibility index (Phi) is 8.63. The van der Waals surface area contributed by atoms with E-state index in [4.69, 9.17) is 9.47 Å². The smallest absolute Gasteiger partial charge is 0.407 e. The second kappa shape index (κ2) is 11.0. The van der Waals surface area contributed by atoms with Gasteiger partial charge in [0.15, 0.2) is 0 Å². The summed E-state index contributed by atoms with van der Waals surface area (Å²) in [4.78, 5) is 24.5. The molecule has 2 aromatic rings. The number of nitrogens with one attached hydrogen (secondary N) is 1. The molecule has 0 aliphatic rings. The zero-order chi connectivity index (χ0) is 23.0. The fraction of sp³-hybridized carbons (Fsp3) is 0.440. The molecule has 2 rings (SSSR count). The molecule has 0 bridgehead atoms. The highest BCUT2D eigenvalue weighted by Crippen LogP contribution is 2.26. The molecule has 2 aromatic carbocycles. The van der Waals surface area contributed by atoms with Crippen LogP contribution >= 0.6 is 0 Å². The first-order valence-corrected chi connectivity index (χ1v) is 10.6. The number of rotatable bonds is 8. The monoisotopic (exact) mass is 427 g/mol. The molecule has 0 spiro atoms. The minimum atomic E-state index is -1.02. The minimum absolute atomic E-state index is 0.208. The molecule has 0 fully saturated rings. The number of hydrogen-bond acceptors (Lipinski definition) is 5. The number of hydrogen-bond donors (Lipinski definition) is 2. The van der Waals surface area contributed by atoms with Gasteiger partial charge in [0.25, 0.3) is 0 Å². The van der Waals surface area contributed by atoms with E-state index in [9.17, 15) is 14.7 Å². The lowest BCUT2D eigenvalue weighted by Crippen LogP contribution is -2.43. The van der Waals surface area contributed by atoms with Crippen LogP contribution in [0.4, 0.5) is 4.79 Å². The molecular formula is C25H33NO5. The molecule has 0 heterocycles. The van der Waals surface area contributed by atoms with Crippen molar-refractivity contribution in [2.45, 2.75) is 58.8 Å². The molecule has 0 saturated carbocycles. The largest absolute Gasteiger partial charge is 0.466 e. The summed E-state index contributed by atoms with van der Waals surface area (Å²) in [6.07, 6.45) is -1.46. The van der Waals surface area contributed by atoms with Crippen LogP contribution < -0.4 is 5.32 Å². The molecule has 0 aliphatic carbocycles. The zero-order valence-electron chi connectivity index (χ0n) is 18.9. The van der Waals surface area contributed by atoms with Crippen molar-refractivity contribution >= 4 is 12.1 Å². The Morgan fingerprint density at radius 2 is 1.58 bits per heavy atom. The third kappa shape index (κ3) is 7.72. The summed E-state index contributed by atoms with van der Waals surface area (Å²) in [5.41, 5.74) is 2.05. The van der Waals surface area contributed by atoms with Gasteiger partial charge in [0.1, 0.15) is 5.60 Å². The summed E-state index contributed by atoms with van der Waals surface area (Å²) < 4.78 is 10.4. The number of benzene rings is 2. The summed E-state index contributed by atoms with van der Waals surface area (Å²) in [5.74, 6) is -0.872. The maximum absolute atomic E-state index is 12.4. The van der Waals surface area contributed by atoms with E-state index in [1.165, 1.54) is 0 Å². The van der Waals surface area contributed by atoms with Crippen molar-refractivity contribution < 1.29 is 24.2 Å². The summed E-state index contributed by atoms with van der Waals surface area (Å²) in [5, 5.41) is 13.8. The van der Waals surface area contributed by atoms with E-state index in [1.807, 2.05) is 54.6 Å². The van der Waals surface area contributed by atoms with Crippen molar-refractivity contribution in [1.29, 1.82) is 0 Å². The van der Waals surface area contributed by atoms with Crippen LogP contribution in [0.3, 0.4) is 0 Å². The first-order valence-electron chi connectivity index (χ1n) is 10.6. The van der Waals surface area contributed by atoms with Gasteiger partial charge in [-0.1, -0.05) is 61.5 Å². The van der Waals surface area contributed by atoms with Gasteiger partial charge in [0, 0.05) is 0 Å². The lowest BCUT2D eigenvalue weighted by atomic mass is 9.92. The molecule has 1 amide bonds. The van der Waals surface area contributed by atoms with Crippen LogP contribution in [0.2, 0.25) is 0 Å². The second-order valence-corrected chi connectivity index (χ2v) is 8.57. The van der Waals surface area contributed by atoms with Crippen molar-refractivity contribution in [2.75, 3.05) is 6.61 Å². The van der Waals surface area contributed by atoms with Crippen LogP contribution in [0.25, 0.3) is 11.1 Å². The Bertz CT molecular complexity index is 842. The summed E-state index contributed by atoms with van der Waals surface area (Å²) in [6.45, 7) is 9.03. The SMILES string of the molecule is CCOC(=O)[C@H](C)CC(NC(=O)OC(C)(C)C)C(O)c1ccc(-c2ccccc2)cc1. The maximum Gasteiger partial charge on any atom is 0.407 e. The summed E-state index contributed by atoms with van der Waals surface area (Å²) in [7, 11) is 0. The van der Waals surface area contributed by atoms with Gasteiger partial charge >= 0.3 is 12.1 Å². The Morgan fingerprint density at radius 1 is 1.00 bits per heavy atom.